The number of rotatable bonds is 8. The second-order valence-corrected chi connectivity index (χ2v) is 4.62. The van der Waals surface area contributed by atoms with Crippen molar-refractivity contribution >= 4 is 18.6 Å². The quantitative estimate of drug-likeness (QED) is 0.546. The van der Waals surface area contributed by atoms with E-state index in [0.29, 0.717) is 25.9 Å². The fraction of sp³-hybridized carbons (Fsp3) is 0.750. The lowest BCUT2D eigenvalue weighted by molar-refractivity contribution is -0.136. The van der Waals surface area contributed by atoms with Crippen LogP contribution < -0.4 is 10.6 Å². The van der Waals surface area contributed by atoms with E-state index in [9.17, 15) is 14.4 Å². The number of hydrogen-bond acceptors (Lipinski definition) is 5. The first-order chi connectivity index (χ1) is 9.12. The van der Waals surface area contributed by atoms with Crippen LogP contribution in [0.5, 0.6) is 0 Å². The summed E-state index contributed by atoms with van der Waals surface area (Å²) in [7, 11) is 1.70. The summed E-state index contributed by atoms with van der Waals surface area (Å²) >= 11 is 0. The molecule has 0 saturated carbocycles. The van der Waals surface area contributed by atoms with Gasteiger partial charge < -0.3 is 25.1 Å². The van der Waals surface area contributed by atoms with Crippen molar-refractivity contribution in [2.75, 3.05) is 20.2 Å². The molecule has 0 aromatic carbocycles. The van der Waals surface area contributed by atoms with Crippen molar-refractivity contribution in [1.29, 1.82) is 0 Å². The monoisotopic (exact) mass is 271 g/mol. The summed E-state index contributed by atoms with van der Waals surface area (Å²) < 4.78 is 5.58. The third kappa shape index (κ3) is 4.60. The van der Waals surface area contributed by atoms with Gasteiger partial charge in [-0.2, -0.15) is 0 Å². The number of nitrogens with one attached hydrogen (secondary N) is 2. The van der Waals surface area contributed by atoms with Gasteiger partial charge >= 0.3 is 0 Å². The highest BCUT2D eigenvalue weighted by molar-refractivity contribution is 5.78. The second kappa shape index (κ2) is 7.85. The molecule has 1 aliphatic heterocycles. The molecular weight excluding hydrogens is 250 g/mol. The molecular formula is C12H21N3O4. The first-order valence-electron chi connectivity index (χ1n) is 6.36. The highest BCUT2D eigenvalue weighted by Gasteiger charge is 2.32. The summed E-state index contributed by atoms with van der Waals surface area (Å²) in [5.74, 6) is -0.108. The number of likely N-dealkylation sites (N-methyl/N-ethyl adjacent to an activating group) is 1. The van der Waals surface area contributed by atoms with E-state index in [0.717, 1.165) is 6.29 Å². The predicted octanol–water partition coefficient (Wildman–Crippen LogP) is -1.13. The Morgan fingerprint density at radius 1 is 1.47 bits per heavy atom. The Morgan fingerprint density at radius 2 is 2.21 bits per heavy atom. The topological polar surface area (TPSA) is 87.7 Å². The van der Waals surface area contributed by atoms with Crippen LogP contribution in [0.1, 0.15) is 19.8 Å². The summed E-state index contributed by atoms with van der Waals surface area (Å²) in [6.45, 7) is 2.38. The Labute approximate surface area is 112 Å². The molecule has 7 heteroatoms. The van der Waals surface area contributed by atoms with Crippen LogP contribution in [0.3, 0.4) is 0 Å². The highest BCUT2D eigenvalue weighted by Crippen LogP contribution is 2.22. The smallest absolute Gasteiger partial charge is 0.234 e. The molecule has 1 saturated heterocycles. The number of carbonyl (C=O) groups is 3. The normalized spacial score (nSPS) is 24.0. The number of likely N-dealkylation sites (tertiary alicyclic amines) is 1. The van der Waals surface area contributed by atoms with Crippen molar-refractivity contribution in [2.24, 2.45) is 0 Å². The number of aldehydes is 1. The SMILES string of the molecule is CNCC(=O)NC(C)COC1CCC(C=O)N1C=O. The summed E-state index contributed by atoms with van der Waals surface area (Å²) in [6, 6.07) is -0.540. The third-order valence-corrected chi connectivity index (χ3v) is 2.99. The standard InChI is InChI=1S/C12H21N3O4/c1-9(14-11(18)5-13-2)7-19-12-4-3-10(6-16)15(12)8-17/h6,8-10,12-13H,3-5,7H2,1-2H3,(H,14,18). The first kappa shape index (κ1) is 15.6. The Kier molecular flexibility index (Phi) is 6.44. The van der Waals surface area contributed by atoms with Gasteiger partial charge in [0.05, 0.1) is 19.2 Å². The van der Waals surface area contributed by atoms with Gasteiger partial charge in [-0.3, -0.25) is 9.59 Å². The Bertz CT molecular complexity index is 324. The van der Waals surface area contributed by atoms with Crippen LogP contribution in [0.4, 0.5) is 0 Å². The Balaban J connectivity index is 2.33. The van der Waals surface area contributed by atoms with E-state index in [2.05, 4.69) is 10.6 Å². The van der Waals surface area contributed by atoms with E-state index < -0.39 is 6.04 Å². The molecule has 3 atom stereocenters. The van der Waals surface area contributed by atoms with Gasteiger partial charge in [0.25, 0.3) is 0 Å². The van der Waals surface area contributed by atoms with Crippen LogP contribution in [0.15, 0.2) is 0 Å². The van der Waals surface area contributed by atoms with E-state index in [4.69, 9.17) is 4.74 Å². The van der Waals surface area contributed by atoms with E-state index in [1.807, 2.05) is 6.92 Å². The summed E-state index contributed by atoms with van der Waals surface area (Å²) in [5.41, 5.74) is 0. The molecule has 2 N–H and O–H groups in total. The number of nitrogens with zero attached hydrogens (tertiary/aromatic N) is 1. The molecule has 19 heavy (non-hydrogen) atoms. The average molecular weight is 271 g/mol. The van der Waals surface area contributed by atoms with E-state index in [1.165, 1.54) is 4.90 Å². The summed E-state index contributed by atoms with van der Waals surface area (Å²) in [5, 5.41) is 5.51. The molecule has 2 amide bonds. The van der Waals surface area contributed by atoms with Gasteiger partial charge in [0.1, 0.15) is 12.5 Å². The fourth-order valence-corrected chi connectivity index (χ4v) is 2.06. The van der Waals surface area contributed by atoms with Crippen LogP contribution in [0.2, 0.25) is 0 Å². The number of hydrogen-bond donors (Lipinski definition) is 2. The fourth-order valence-electron chi connectivity index (χ4n) is 2.06. The van der Waals surface area contributed by atoms with E-state index in [1.54, 1.807) is 7.05 Å². The van der Waals surface area contributed by atoms with Crippen LogP contribution >= 0.6 is 0 Å². The average Bonchev–Trinajstić information content (AvgIpc) is 2.78. The van der Waals surface area contributed by atoms with Gasteiger partial charge in [0, 0.05) is 6.04 Å². The van der Waals surface area contributed by atoms with E-state index >= 15 is 0 Å². The van der Waals surface area contributed by atoms with Crippen LogP contribution in [0, 0.1) is 0 Å². The van der Waals surface area contributed by atoms with Gasteiger partial charge in [0.2, 0.25) is 12.3 Å². The molecule has 0 aromatic rings. The molecule has 1 rings (SSSR count). The maximum atomic E-state index is 11.3. The molecule has 0 spiro atoms. The summed E-state index contributed by atoms with van der Waals surface area (Å²) in [4.78, 5) is 34.4. The maximum Gasteiger partial charge on any atom is 0.234 e. The highest BCUT2D eigenvalue weighted by atomic mass is 16.5. The van der Waals surface area contributed by atoms with Crippen molar-refractivity contribution in [3.8, 4) is 0 Å². The Morgan fingerprint density at radius 3 is 2.79 bits per heavy atom. The zero-order valence-electron chi connectivity index (χ0n) is 11.3. The maximum absolute atomic E-state index is 11.3. The van der Waals surface area contributed by atoms with Gasteiger partial charge in [-0.25, -0.2) is 0 Å². The van der Waals surface area contributed by atoms with Crippen LogP contribution in [0.25, 0.3) is 0 Å². The molecule has 0 bridgehead atoms. The minimum atomic E-state index is -0.392. The molecule has 1 aliphatic rings. The van der Waals surface area contributed by atoms with Gasteiger partial charge in [0.15, 0.2) is 0 Å². The lowest BCUT2D eigenvalue weighted by Crippen LogP contribution is -2.43. The van der Waals surface area contributed by atoms with Gasteiger partial charge in [-0.15, -0.1) is 0 Å². The number of ether oxygens (including phenoxy) is 1. The molecule has 0 aromatic heterocycles. The van der Waals surface area contributed by atoms with Crippen molar-refractivity contribution in [2.45, 2.75) is 38.1 Å². The molecule has 0 radical (unpaired) electrons. The minimum Gasteiger partial charge on any atom is -0.356 e. The van der Waals surface area contributed by atoms with E-state index in [-0.39, 0.29) is 24.7 Å². The van der Waals surface area contributed by atoms with Crippen molar-refractivity contribution in [3.05, 3.63) is 0 Å². The molecule has 108 valence electrons. The van der Waals surface area contributed by atoms with Crippen LogP contribution in [-0.2, 0) is 19.1 Å². The van der Waals surface area contributed by atoms with Crippen molar-refractivity contribution in [3.63, 3.8) is 0 Å². The molecule has 7 nitrogen and oxygen atoms in total. The second-order valence-electron chi connectivity index (χ2n) is 4.62. The van der Waals surface area contributed by atoms with Crippen molar-refractivity contribution in [1.82, 2.24) is 15.5 Å². The van der Waals surface area contributed by atoms with Gasteiger partial charge in [-0.05, 0) is 26.8 Å². The lowest BCUT2D eigenvalue weighted by Gasteiger charge is -2.24. The zero-order chi connectivity index (χ0) is 14.3. The predicted molar refractivity (Wildman–Crippen MR) is 68.3 cm³/mol. The molecule has 0 aliphatic carbocycles. The van der Waals surface area contributed by atoms with Crippen LogP contribution in [-0.4, -0.2) is 62.0 Å². The molecule has 1 heterocycles. The zero-order valence-corrected chi connectivity index (χ0v) is 11.3. The lowest BCUT2D eigenvalue weighted by atomic mass is 10.2. The number of carbonyl (C=O) groups excluding carboxylic acids is 3. The molecule has 3 unspecified atom stereocenters. The Hall–Kier alpha value is -1.47. The van der Waals surface area contributed by atoms with Crippen molar-refractivity contribution < 1.29 is 19.1 Å². The molecule has 1 fully saturated rings. The number of amides is 2. The first-order valence-corrected chi connectivity index (χ1v) is 6.36. The largest absolute Gasteiger partial charge is 0.356 e. The third-order valence-electron chi connectivity index (χ3n) is 2.99. The minimum absolute atomic E-state index is 0.108. The van der Waals surface area contributed by atoms with Gasteiger partial charge in [-0.1, -0.05) is 0 Å². The summed E-state index contributed by atoms with van der Waals surface area (Å²) in [6.07, 6.45) is 2.28.